The number of hydrogen-bond donors (Lipinski definition) is 1. The summed E-state index contributed by atoms with van der Waals surface area (Å²) in [5.41, 5.74) is 1.06. The average Bonchev–Trinajstić information content (AvgIpc) is 2.83. The van der Waals surface area contributed by atoms with Crippen LogP contribution in [0.25, 0.3) is 0 Å². The molecule has 0 radical (unpaired) electrons. The van der Waals surface area contributed by atoms with Crippen molar-refractivity contribution >= 4 is 44.6 Å². The first-order valence-electron chi connectivity index (χ1n) is 5.49. The summed E-state index contributed by atoms with van der Waals surface area (Å²) in [4.78, 5) is 24.2. The zero-order chi connectivity index (χ0) is 13.4. The van der Waals surface area contributed by atoms with Crippen LogP contribution in [0.2, 0.25) is 0 Å². The fourth-order valence-electron chi connectivity index (χ4n) is 1.81. The summed E-state index contributed by atoms with van der Waals surface area (Å²) >= 11 is 4.72. The maximum atomic E-state index is 12.3. The van der Waals surface area contributed by atoms with E-state index in [1.54, 1.807) is 18.2 Å². The van der Waals surface area contributed by atoms with E-state index in [1.807, 2.05) is 11.4 Å². The molecule has 0 aliphatic carbocycles. The number of carbonyl (C=O) groups excluding carboxylic acids is 2. The lowest BCUT2D eigenvalue weighted by molar-refractivity contribution is -0.118. The molecule has 1 N–H and O–H groups in total. The minimum Gasteiger partial charge on any atom is -0.482 e. The summed E-state index contributed by atoms with van der Waals surface area (Å²) in [6.45, 7) is 0.0107. The molecule has 96 valence electrons. The average molecular weight is 338 g/mol. The highest BCUT2D eigenvalue weighted by molar-refractivity contribution is 9.10. The molecule has 2 aromatic rings. The standard InChI is InChI=1S/C13H8BrNO3S/c14-8-3-4-19-13(8)12(17)7-1-2-10-9(5-7)15-11(16)6-18-10/h1-5H,6H2,(H,15,16). The number of fused-ring (bicyclic) bond motifs is 1. The SMILES string of the molecule is O=C1COc2ccc(C(=O)c3sccc3Br)cc2N1. The second-order valence-electron chi connectivity index (χ2n) is 3.97. The topological polar surface area (TPSA) is 55.4 Å². The lowest BCUT2D eigenvalue weighted by atomic mass is 10.1. The third-order valence-corrected chi connectivity index (χ3v) is 4.53. The number of benzene rings is 1. The molecule has 0 saturated heterocycles. The van der Waals surface area contributed by atoms with Gasteiger partial charge in [0.1, 0.15) is 5.75 Å². The number of rotatable bonds is 2. The number of anilines is 1. The Morgan fingerprint density at radius 2 is 2.21 bits per heavy atom. The minimum absolute atomic E-state index is 0.0107. The van der Waals surface area contributed by atoms with Gasteiger partial charge in [0.25, 0.3) is 5.91 Å². The molecule has 3 rings (SSSR count). The van der Waals surface area contributed by atoms with E-state index in [4.69, 9.17) is 4.74 Å². The van der Waals surface area contributed by atoms with Crippen LogP contribution in [-0.2, 0) is 4.79 Å². The van der Waals surface area contributed by atoms with Gasteiger partial charge in [0.15, 0.2) is 6.61 Å². The molecule has 1 aliphatic rings. The van der Waals surface area contributed by atoms with Crippen LogP contribution in [0.3, 0.4) is 0 Å². The van der Waals surface area contributed by atoms with Gasteiger partial charge in [-0.1, -0.05) is 0 Å². The Morgan fingerprint density at radius 3 is 2.95 bits per heavy atom. The first-order chi connectivity index (χ1) is 9.15. The van der Waals surface area contributed by atoms with E-state index in [1.165, 1.54) is 11.3 Å². The molecule has 1 aliphatic heterocycles. The summed E-state index contributed by atoms with van der Waals surface area (Å²) in [6.07, 6.45) is 0. The lowest BCUT2D eigenvalue weighted by Gasteiger charge is -2.18. The quantitative estimate of drug-likeness (QED) is 0.857. The van der Waals surface area contributed by atoms with E-state index in [2.05, 4.69) is 21.2 Å². The molecule has 6 heteroatoms. The zero-order valence-corrected chi connectivity index (χ0v) is 12.0. The molecule has 1 amide bonds. The molecule has 0 unspecified atom stereocenters. The predicted octanol–water partition coefficient (Wildman–Crippen LogP) is 3.07. The Balaban J connectivity index is 1.98. The highest BCUT2D eigenvalue weighted by Gasteiger charge is 2.19. The molecular formula is C13H8BrNO3S. The molecule has 0 saturated carbocycles. The van der Waals surface area contributed by atoms with Crippen molar-refractivity contribution in [2.75, 3.05) is 11.9 Å². The second-order valence-corrected chi connectivity index (χ2v) is 5.75. The Morgan fingerprint density at radius 1 is 1.37 bits per heavy atom. The first kappa shape index (κ1) is 12.4. The number of halogens is 1. The van der Waals surface area contributed by atoms with Gasteiger partial charge in [-0.05, 0) is 45.6 Å². The summed E-state index contributed by atoms with van der Waals surface area (Å²) in [5.74, 6) is 0.292. The smallest absolute Gasteiger partial charge is 0.262 e. The molecule has 1 aromatic carbocycles. The molecule has 0 bridgehead atoms. The normalized spacial score (nSPS) is 13.4. The summed E-state index contributed by atoms with van der Waals surface area (Å²) in [7, 11) is 0. The second kappa shape index (κ2) is 4.79. The van der Waals surface area contributed by atoms with Crippen molar-refractivity contribution in [3.8, 4) is 5.75 Å². The van der Waals surface area contributed by atoms with Crippen molar-refractivity contribution < 1.29 is 14.3 Å². The molecular weight excluding hydrogens is 330 g/mol. The molecule has 4 nitrogen and oxygen atoms in total. The summed E-state index contributed by atoms with van der Waals surface area (Å²) < 4.78 is 6.03. The minimum atomic E-state index is -0.214. The predicted molar refractivity (Wildman–Crippen MR) is 76.0 cm³/mol. The Labute approximate surface area is 121 Å². The van der Waals surface area contributed by atoms with Crippen molar-refractivity contribution in [1.29, 1.82) is 0 Å². The molecule has 0 spiro atoms. The number of amides is 1. The monoisotopic (exact) mass is 337 g/mol. The maximum Gasteiger partial charge on any atom is 0.262 e. The van der Waals surface area contributed by atoms with Gasteiger partial charge in [-0.3, -0.25) is 9.59 Å². The van der Waals surface area contributed by atoms with Crippen LogP contribution in [0.15, 0.2) is 34.1 Å². The fourth-order valence-corrected chi connectivity index (χ4v) is 3.32. The van der Waals surface area contributed by atoms with Crippen LogP contribution in [0.4, 0.5) is 5.69 Å². The Kier molecular flexibility index (Phi) is 3.12. The van der Waals surface area contributed by atoms with Gasteiger partial charge in [-0.25, -0.2) is 0 Å². The maximum absolute atomic E-state index is 12.3. The van der Waals surface area contributed by atoms with Gasteiger partial charge >= 0.3 is 0 Å². The number of hydrogen-bond acceptors (Lipinski definition) is 4. The van der Waals surface area contributed by atoms with Crippen LogP contribution in [0.1, 0.15) is 15.2 Å². The van der Waals surface area contributed by atoms with E-state index in [0.29, 0.717) is 21.9 Å². The molecule has 1 aromatic heterocycles. The van der Waals surface area contributed by atoms with Gasteiger partial charge in [0.2, 0.25) is 5.78 Å². The van der Waals surface area contributed by atoms with Gasteiger partial charge in [0.05, 0.1) is 10.6 Å². The van der Waals surface area contributed by atoms with Crippen LogP contribution >= 0.6 is 27.3 Å². The zero-order valence-electron chi connectivity index (χ0n) is 9.60. The number of carbonyl (C=O) groups is 2. The number of nitrogens with one attached hydrogen (secondary N) is 1. The van der Waals surface area contributed by atoms with Crippen molar-refractivity contribution in [1.82, 2.24) is 0 Å². The first-order valence-corrected chi connectivity index (χ1v) is 7.17. The van der Waals surface area contributed by atoms with Gasteiger partial charge in [-0.15, -0.1) is 11.3 Å². The van der Waals surface area contributed by atoms with E-state index >= 15 is 0 Å². The van der Waals surface area contributed by atoms with E-state index < -0.39 is 0 Å². The molecule has 19 heavy (non-hydrogen) atoms. The van der Waals surface area contributed by atoms with Crippen molar-refractivity contribution in [2.24, 2.45) is 0 Å². The van der Waals surface area contributed by atoms with Crippen LogP contribution in [0, 0.1) is 0 Å². The van der Waals surface area contributed by atoms with E-state index in [9.17, 15) is 9.59 Å². The van der Waals surface area contributed by atoms with Crippen LogP contribution < -0.4 is 10.1 Å². The third kappa shape index (κ3) is 2.29. The largest absolute Gasteiger partial charge is 0.482 e. The highest BCUT2D eigenvalue weighted by atomic mass is 79.9. The fraction of sp³-hybridized carbons (Fsp3) is 0.0769. The van der Waals surface area contributed by atoms with Gasteiger partial charge < -0.3 is 10.1 Å². The lowest BCUT2D eigenvalue weighted by Crippen LogP contribution is -2.25. The van der Waals surface area contributed by atoms with E-state index in [0.717, 1.165) is 4.47 Å². The highest BCUT2D eigenvalue weighted by Crippen LogP contribution is 2.31. The van der Waals surface area contributed by atoms with Crippen LogP contribution in [0.5, 0.6) is 5.75 Å². The number of ether oxygens (including phenoxy) is 1. The van der Waals surface area contributed by atoms with Crippen LogP contribution in [-0.4, -0.2) is 18.3 Å². The Hall–Kier alpha value is -1.66. The molecule has 2 heterocycles. The van der Waals surface area contributed by atoms with Crippen molar-refractivity contribution in [2.45, 2.75) is 0 Å². The summed E-state index contributed by atoms with van der Waals surface area (Å²) in [6, 6.07) is 6.87. The number of thiophene rings is 1. The van der Waals surface area contributed by atoms with Crippen molar-refractivity contribution in [3.05, 3.63) is 44.6 Å². The van der Waals surface area contributed by atoms with Gasteiger partial charge in [0, 0.05) is 10.0 Å². The number of ketones is 1. The Bertz CT molecular complexity index is 680. The van der Waals surface area contributed by atoms with Crippen molar-refractivity contribution in [3.63, 3.8) is 0 Å². The molecule has 0 fully saturated rings. The van der Waals surface area contributed by atoms with Gasteiger partial charge in [-0.2, -0.15) is 0 Å². The molecule has 0 atom stereocenters. The van der Waals surface area contributed by atoms with E-state index in [-0.39, 0.29) is 18.3 Å². The third-order valence-electron chi connectivity index (χ3n) is 2.70. The summed E-state index contributed by atoms with van der Waals surface area (Å²) in [5, 5.41) is 4.54.